The normalized spacial score (nSPS) is 10.3. The van der Waals surface area contributed by atoms with Gasteiger partial charge in [-0.3, -0.25) is 4.79 Å². The smallest absolute Gasteiger partial charge is 0.155 e. The molecule has 2 rings (SSSR count). The van der Waals surface area contributed by atoms with Crippen LogP contribution in [0.3, 0.4) is 0 Å². The summed E-state index contributed by atoms with van der Waals surface area (Å²) < 4.78 is 5.02. The van der Waals surface area contributed by atoms with Gasteiger partial charge in [0.25, 0.3) is 0 Å². The highest BCUT2D eigenvalue weighted by Gasteiger charge is 2.16. The van der Waals surface area contributed by atoms with Crippen LogP contribution in [0.4, 0.5) is 5.69 Å². The van der Waals surface area contributed by atoms with Gasteiger partial charge in [-0.1, -0.05) is 5.16 Å². The van der Waals surface area contributed by atoms with Gasteiger partial charge < -0.3 is 9.63 Å². The minimum Gasteiger partial charge on any atom is -0.505 e. The van der Waals surface area contributed by atoms with E-state index < -0.39 is 5.75 Å². The van der Waals surface area contributed by atoms with Gasteiger partial charge in [0.2, 0.25) is 0 Å². The second kappa shape index (κ2) is 4.40. The number of aromatic hydroxyl groups is 1. The SMILES string of the molecule is Cc1noc(C)c1-c1cc(C=O)c(O)c(N=O)c1. The number of phenols is 1. The summed E-state index contributed by atoms with van der Waals surface area (Å²) in [5, 5.41) is 16.1. The molecule has 0 atom stereocenters. The predicted octanol–water partition coefficient (Wildman–Crippen LogP) is 2.87. The summed E-state index contributed by atoms with van der Waals surface area (Å²) in [6.45, 7) is 3.46. The number of benzene rings is 1. The van der Waals surface area contributed by atoms with Crippen LogP contribution in [0.25, 0.3) is 11.1 Å². The second-order valence-corrected chi connectivity index (χ2v) is 3.84. The van der Waals surface area contributed by atoms with E-state index >= 15 is 0 Å². The zero-order valence-corrected chi connectivity index (χ0v) is 9.80. The largest absolute Gasteiger partial charge is 0.505 e. The third kappa shape index (κ3) is 1.77. The van der Waals surface area contributed by atoms with Crippen molar-refractivity contribution < 1.29 is 14.4 Å². The molecule has 6 nitrogen and oxygen atoms in total. The summed E-state index contributed by atoms with van der Waals surface area (Å²) in [4.78, 5) is 21.5. The minimum atomic E-state index is -0.421. The lowest BCUT2D eigenvalue weighted by Gasteiger charge is -2.05. The summed E-state index contributed by atoms with van der Waals surface area (Å²) in [6.07, 6.45) is 0.464. The Balaban J connectivity index is 2.73. The number of nitroso groups, excluding NO2 is 1. The fourth-order valence-corrected chi connectivity index (χ4v) is 1.84. The Kier molecular flexibility index (Phi) is 2.93. The molecule has 6 heteroatoms. The van der Waals surface area contributed by atoms with E-state index in [1.807, 2.05) is 0 Å². The van der Waals surface area contributed by atoms with Gasteiger partial charge in [0.1, 0.15) is 5.76 Å². The number of aryl methyl sites for hydroxylation is 2. The maximum absolute atomic E-state index is 10.8. The van der Waals surface area contributed by atoms with Crippen LogP contribution in [0.1, 0.15) is 21.8 Å². The van der Waals surface area contributed by atoms with Gasteiger partial charge in [-0.05, 0) is 36.7 Å². The predicted molar refractivity (Wildman–Crippen MR) is 63.9 cm³/mol. The molecule has 0 saturated carbocycles. The van der Waals surface area contributed by atoms with Gasteiger partial charge >= 0.3 is 0 Å². The molecule has 0 aliphatic heterocycles. The van der Waals surface area contributed by atoms with Crippen molar-refractivity contribution in [3.05, 3.63) is 34.1 Å². The minimum absolute atomic E-state index is 0.00194. The van der Waals surface area contributed by atoms with Crippen molar-refractivity contribution in [3.63, 3.8) is 0 Å². The Morgan fingerprint density at radius 3 is 2.61 bits per heavy atom. The molecule has 0 aliphatic rings. The van der Waals surface area contributed by atoms with Crippen LogP contribution in [0.5, 0.6) is 5.75 Å². The average Bonchev–Trinajstić information content (AvgIpc) is 2.70. The molecule has 2 aromatic rings. The zero-order chi connectivity index (χ0) is 13.3. The molecule has 0 radical (unpaired) electrons. The van der Waals surface area contributed by atoms with Crippen LogP contribution in [0, 0.1) is 18.8 Å². The lowest BCUT2D eigenvalue weighted by atomic mass is 10.0. The molecule has 92 valence electrons. The highest BCUT2D eigenvalue weighted by molar-refractivity contribution is 5.87. The molecule has 1 N–H and O–H groups in total. The summed E-state index contributed by atoms with van der Waals surface area (Å²) in [5.74, 6) is 0.141. The Bertz CT molecular complexity index is 582. The van der Waals surface area contributed by atoms with Crippen molar-refractivity contribution in [2.24, 2.45) is 5.18 Å². The molecule has 0 aliphatic carbocycles. The first-order valence-electron chi connectivity index (χ1n) is 5.17. The van der Waals surface area contributed by atoms with E-state index in [9.17, 15) is 14.8 Å². The highest BCUT2D eigenvalue weighted by atomic mass is 16.5. The standard InChI is InChI=1S/C12H10N2O4/c1-6-11(7(2)18-14-6)8-3-9(5-15)12(16)10(4-8)13-17/h3-5,16H,1-2H3. The molecular formula is C12H10N2O4. The molecule has 0 spiro atoms. The number of nitrogens with zero attached hydrogens (tertiary/aromatic N) is 2. The van der Waals surface area contributed by atoms with E-state index in [0.717, 1.165) is 0 Å². The quantitative estimate of drug-likeness (QED) is 0.663. The van der Waals surface area contributed by atoms with Gasteiger partial charge in [0.15, 0.2) is 17.7 Å². The van der Waals surface area contributed by atoms with Crippen molar-refractivity contribution in [1.29, 1.82) is 0 Å². The molecular weight excluding hydrogens is 236 g/mol. The number of hydrogen-bond acceptors (Lipinski definition) is 6. The molecule has 0 bridgehead atoms. The number of carbonyl (C=O) groups excluding carboxylic acids is 1. The monoisotopic (exact) mass is 246 g/mol. The van der Waals surface area contributed by atoms with Crippen LogP contribution in [-0.4, -0.2) is 16.5 Å². The van der Waals surface area contributed by atoms with Crippen molar-refractivity contribution in [1.82, 2.24) is 5.16 Å². The number of rotatable bonds is 3. The van der Waals surface area contributed by atoms with Crippen molar-refractivity contribution >= 4 is 12.0 Å². The van der Waals surface area contributed by atoms with Crippen molar-refractivity contribution in [3.8, 4) is 16.9 Å². The lowest BCUT2D eigenvalue weighted by molar-refractivity contribution is 0.112. The molecule has 1 aromatic carbocycles. The van der Waals surface area contributed by atoms with Crippen LogP contribution in [0.2, 0.25) is 0 Å². The van der Waals surface area contributed by atoms with Gasteiger partial charge in [-0.15, -0.1) is 4.91 Å². The maximum Gasteiger partial charge on any atom is 0.155 e. The first kappa shape index (κ1) is 12.0. The number of aromatic nitrogens is 1. The fraction of sp³-hybridized carbons (Fsp3) is 0.167. The van der Waals surface area contributed by atoms with E-state index in [1.54, 1.807) is 13.8 Å². The van der Waals surface area contributed by atoms with Crippen LogP contribution in [0.15, 0.2) is 21.8 Å². The molecule has 1 aromatic heterocycles. The number of phenolic OH excluding ortho intramolecular Hbond substituents is 1. The second-order valence-electron chi connectivity index (χ2n) is 3.84. The zero-order valence-electron chi connectivity index (χ0n) is 9.80. The van der Waals surface area contributed by atoms with E-state index in [0.29, 0.717) is 28.9 Å². The molecule has 18 heavy (non-hydrogen) atoms. The summed E-state index contributed by atoms with van der Waals surface area (Å²) in [5.41, 5.74) is 1.69. The summed E-state index contributed by atoms with van der Waals surface area (Å²) >= 11 is 0. The van der Waals surface area contributed by atoms with Gasteiger partial charge in [0.05, 0.1) is 11.3 Å². The Hall–Kier alpha value is -2.50. The Morgan fingerprint density at radius 1 is 1.39 bits per heavy atom. The first-order valence-corrected chi connectivity index (χ1v) is 5.17. The van der Waals surface area contributed by atoms with E-state index in [4.69, 9.17) is 4.52 Å². The van der Waals surface area contributed by atoms with Gasteiger partial charge in [-0.2, -0.15) is 0 Å². The third-order valence-corrected chi connectivity index (χ3v) is 2.67. The summed E-state index contributed by atoms with van der Waals surface area (Å²) in [6, 6.07) is 2.85. The number of carbonyl (C=O) groups is 1. The molecule has 0 unspecified atom stereocenters. The van der Waals surface area contributed by atoms with Crippen molar-refractivity contribution in [2.45, 2.75) is 13.8 Å². The van der Waals surface area contributed by atoms with Crippen molar-refractivity contribution in [2.75, 3.05) is 0 Å². The lowest BCUT2D eigenvalue weighted by Crippen LogP contribution is -1.87. The number of hydrogen-bond donors (Lipinski definition) is 1. The van der Waals surface area contributed by atoms with Crippen LogP contribution < -0.4 is 0 Å². The average molecular weight is 246 g/mol. The topological polar surface area (TPSA) is 92.8 Å². The van der Waals surface area contributed by atoms with Gasteiger partial charge in [-0.25, -0.2) is 0 Å². The highest BCUT2D eigenvalue weighted by Crippen LogP contribution is 2.36. The first-order chi connectivity index (χ1) is 8.58. The third-order valence-electron chi connectivity index (χ3n) is 2.67. The fourth-order valence-electron chi connectivity index (χ4n) is 1.84. The van der Waals surface area contributed by atoms with Crippen LogP contribution >= 0.6 is 0 Å². The molecule has 0 saturated heterocycles. The molecule has 1 heterocycles. The van der Waals surface area contributed by atoms with E-state index in [-0.39, 0.29) is 11.3 Å². The van der Waals surface area contributed by atoms with E-state index in [2.05, 4.69) is 10.3 Å². The Labute approximate surface area is 102 Å². The summed E-state index contributed by atoms with van der Waals surface area (Å²) in [7, 11) is 0. The van der Waals surface area contributed by atoms with Crippen LogP contribution in [-0.2, 0) is 0 Å². The maximum atomic E-state index is 10.8. The number of aldehydes is 1. The molecule has 0 fully saturated rings. The Morgan fingerprint density at radius 2 is 2.11 bits per heavy atom. The van der Waals surface area contributed by atoms with Gasteiger partial charge in [0, 0.05) is 5.56 Å². The molecule has 0 amide bonds. The van der Waals surface area contributed by atoms with E-state index in [1.165, 1.54) is 12.1 Å².